The Bertz CT molecular complexity index is 117. The van der Waals surface area contributed by atoms with E-state index in [4.69, 9.17) is 5.73 Å². The van der Waals surface area contributed by atoms with Crippen LogP contribution in [0.3, 0.4) is 0 Å². The summed E-state index contributed by atoms with van der Waals surface area (Å²) in [5, 5.41) is 0. The fourth-order valence-electron chi connectivity index (χ4n) is 2.34. The lowest BCUT2D eigenvalue weighted by Gasteiger charge is -2.33. The van der Waals surface area contributed by atoms with Gasteiger partial charge in [-0.2, -0.15) is 0 Å². The zero-order valence-corrected chi connectivity index (χ0v) is 8.42. The second-order valence-electron chi connectivity index (χ2n) is 4.16. The highest BCUT2D eigenvalue weighted by Gasteiger charge is 2.23. The Hall–Kier alpha value is -0.0800. The molecule has 0 radical (unpaired) electrons. The fourth-order valence-corrected chi connectivity index (χ4v) is 2.34. The van der Waals surface area contributed by atoms with Gasteiger partial charge in [-0.05, 0) is 32.9 Å². The van der Waals surface area contributed by atoms with Gasteiger partial charge in [-0.3, -0.25) is 0 Å². The largest absolute Gasteiger partial charge is 0.329 e. The molecule has 12 heavy (non-hydrogen) atoms. The Morgan fingerprint density at radius 1 is 1.25 bits per heavy atom. The highest BCUT2D eigenvalue weighted by molar-refractivity contribution is 4.79. The minimum Gasteiger partial charge on any atom is -0.329 e. The molecule has 0 aromatic rings. The summed E-state index contributed by atoms with van der Waals surface area (Å²) in [7, 11) is 4.29. The lowest BCUT2D eigenvalue weighted by Crippen LogP contribution is -2.42. The molecule has 0 heterocycles. The summed E-state index contributed by atoms with van der Waals surface area (Å²) in [5.41, 5.74) is 5.76. The number of hydrogen-bond donors (Lipinski definition) is 1. The Labute approximate surface area is 76.1 Å². The van der Waals surface area contributed by atoms with E-state index in [9.17, 15) is 0 Å². The summed E-state index contributed by atoms with van der Waals surface area (Å²) in [6.45, 7) is 0.817. The number of nitrogens with zero attached hydrogens (tertiary/aromatic N) is 1. The van der Waals surface area contributed by atoms with Crippen molar-refractivity contribution in [2.75, 3.05) is 20.6 Å². The summed E-state index contributed by atoms with van der Waals surface area (Å²) < 4.78 is 0. The molecule has 2 heteroatoms. The van der Waals surface area contributed by atoms with Crippen molar-refractivity contribution in [1.82, 2.24) is 4.90 Å². The first kappa shape index (κ1) is 10.0. The van der Waals surface area contributed by atoms with Crippen molar-refractivity contribution in [3.05, 3.63) is 0 Å². The van der Waals surface area contributed by atoms with Gasteiger partial charge in [0.25, 0.3) is 0 Å². The minimum atomic E-state index is 0.616. The van der Waals surface area contributed by atoms with Crippen molar-refractivity contribution < 1.29 is 0 Å². The van der Waals surface area contributed by atoms with Crippen LogP contribution in [0.2, 0.25) is 0 Å². The molecule has 1 fully saturated rings. The van der Waals surface area contributed by atoms with Gasteiger partial charge >= 0.3 is 0 Å². The number of rotatable bonds is 3. The highest BCUT2D eigenvalue weighted by atomic mass is 15.1. The van der Waals surface area contributed by atoms with Crippen LogP contribution in [0, 0.1) is 5.92 Å². The molecule has 72 valence electrons. The van der Waals surface area contributed by atoms with Crippen molar-refractivity contribution >= 4 is 0 Å². The Kier molecular flexibility index (Phi) is 4.02. The Balaban J connectivity index is 2.40. The zero-order valence-electron chi connectivity index (χ0n) is 8.42. The van der Waals surface area contributed by atoms with Crippen molar-refractivity contribution in [3.63, 3.8) is 0 Å². The molecule has 1 aliphatic carbocycles. The van der Waals surface area contributed by atoms with E-state index in [0.29, 0.717) is 6.04 Å². The molecule has 1 unspecified atom stereocenters. The van der Waals surface area contributed by atoms with E-state index >= 15 is 0 Å². The van der Waals surface area contributed by atoms with Crippen molar-refractivity contribution in [2.45, 2.75) is 38.1 Å². The monoisotopic (exact) mass is 170 g/mol. The molecule has 1 rings (SSSR count). The second-order valence-corrected chi connectivity index (χ2v) is 4.16. The third kappa shape index (κ3) is 2.46. The van der Waals surface area contributed by atoms with Crippen molar-refractivity contribution in [2.24, 2.45) is 11.7 Å². The summed E-state index contributed by atoms with van der Waals surface area (Å²) in [6.07, 6.45) is 7.03. The second kappa shape index (κ2) is 4.83. The van der Waals surface area contributed by atoms with Crippen LogP contribution in [0.15, 0.2) is 0 Å². The van der Waals surface area contributed by atoms with E-state index in [1.54, 1.807) is 0 Å². The molecule has 0 bridgehead atoms. The van der Waals surface area contributed by atoms with Crippen LogP contribution < -0.4 is 5.73 Å². The van der Waals surface area contributed by atoms with Gasteiger partial charge in [0, 0.05) is 12.6 Å². The summed E-state index contributed by atoms with van der Waals surface area (Å²) in [4.78, 5) is 2.29. The predicted octanol–water partition coefficient (Wildman–Crippen LogP) is 1.46. The van der Waals surface area contributed by atoms with E-state index in [0.717, 1.165) is 12.5 Å². The zero-order chi connectivity index (χ0) is 8.97. The van der Waals surface area contributed by atoms with Crippen LogP contribution in [0.4, 0.5) is 0 Å². The number of nitrogens with two attached hydrogens (primary N) is 1. The maximum atomic E-state index is 5.76. The molecule has 2 nitrogen and oxygen atoms in total. The molecule has 0 spiro atoms. The standard InChI is InChI=1S/C10H22N2/c1-12(2)10(8-11)9-6-4-3-5-7-9/h9-10H,3-8,11H2,1-2H3. The van der Waals surface area contributed by atoms with Gasteiger partial charge < -0.3 is 10.6 Å². The quantitative estimate of drug-likeness (QED) is 0.694. The number of hydrogen-bond acceptors (Lipinski definition) is 2. The first-order chi connectivity index (χ1) is 5.75. The van der Waals surface area contributed by atoms with Gasteiger partial charge in [-0.15, -0.1) is 0 Å². The Morgan fingerprint density at radius 3 is 2.25 bits per heavy atom. The third-order valence-corrected chi connectivity index (χ3v) is 3.10. The van der Waals surface area contributed by atoms with E-state index < -0.39 is 0 Å². The molecular formula is C10H22N2. The molecule has 2 N–H and O–H groups in total. The van der Waals surface area contributed by atoms with Crippen LogP contribution in [0.5, 0.6) is 0 Å². The topological polar surface area (TPSA) is 29.3 Å². The molecule has 0 aromatic heterocycles. The summed E-state index contributed by atoms with van der Waals surface area (Å²) in [5.74, 6) is 0.860. The summed E-state index contributed by atoms with van der Waals surface area (Å²) >= 11 is 0. The lowest BCUT2D eigenvalue weighted by atomic mass is 9.83. The third-order valence-electron chi connectivity index (χ3n) is 3.10. The fraction of sp³-hybridized carbons (Fsp3) is 1.00. The first-order valence-corrected chi connectivity index (χ1v) is 5.12. The van der Waals surface area contributed by atoms with Gasteiger partial charge in [0.05, 0.1) is 0 Å². The smallest absolute Gasteiger partial charge is 0.0240 e. The average molecular weight is 170 g/mol. The highest BCUT2D eigenvalue weighted by Crippen LogP contribution is 2.27. The van der Waals surface area contributed by atoms with Crippen LogP contribution in [-0.2, 0) is 0 Å². The summed E-state index contributed by atoms with van der Waals surface area (Å²) in [6, 6.07) is 0.616. The normalized spacial score (nSPS) is 23.0. The van der Waals surface area contributed by atoms with Crippen LogP contribution >= 0.6 is 0 Å². The van der Waals surface area contributed by atoms with Crippen molar-refractivity contribution in [1.29, 1.82) is 0 Å². The predicted molar refractivity (Wildman–Crippen MR) is 53.1 cm³/mol. The Morgan fingerprint density at radius 2 is 1.83 bits per heavy atom. The van der Waals surface area contributed by atoms with Gasteiger partial charge in [0.15, 0.2) is 0 Å². The minimum absolute atomic E-state index is 0.616. The molecule has 1 atom stereocenters. The molecule has 1 aliphatic rings. The van der Waals surface area contributed by atoms with E-state index in [1.165, 1.54) is 32.1 Å². The molecule has 1 saturated carbocycles. The van der Waals surface area contributed by atoms with Crippen LogP contribution in [0.1, 0.15) is 32.1 Å². The maximum absolute atomic E-state index is 5.76. The average Bonchev–Trinajstić information content (AvgIpc) is 2.07. The molecular weight excluding hydrogens is 148 g/mol. The van der Waals surface area contributed by atoms with Crippen LogP contribution in [0.25, 0.3) is 0 Å². The van der Waals surface area contributed by atoms with Gasteiger partial charge in [0.1, 0.15) is 0 Å². The maximum Gasteiger partial charge on any atom is 0.0240 e. The van der Waals surface area contributed by atoms with Crippen molar-refractivity contribution in [3.8, 4) is 0 Å². The SMILES string of the molecule is CN(C)C(CN)C1CCCCC1. The first-order valence-electron chi connectivity index (χ1n) is 5.12. The van der Waals surface area contributed by atoms with E-state index in [1.807, 2.05) is 0 Å². The van der Waals surface area contributed by atoms with Gasteiger partial charge in [0.2, 0.25) is 0 Å². The van der Waals surface area contributed by atoms with E-state index in [-0.39, 0.29) is 0 Å². The molecule has 0 amide bonds. The number of likely N-dealkylation sites (N-methyl/N-ethyl adjacent to an activating group) is 1. The molecule has 0 aliphatic heterocycles. The van der Waals surface area contributed by atoms with Crippen LogP contribution in [-0.4, -0.2) is 31.6 Å². The lowest BCUT2D eigenvalue weighted by molar-refractivity contribution is 0.175. The van der Waals surface area contributed by atoms with Gasteiger partial charge in [-0.1, -0.05) is 19.3 Å². The van der Waals surface area contributed by atoms with E-state index in [2.05, 4.69) is 19.0 Å². The molecule has 0 aromatic carbocycles. The van der Waals surface area contributed by atoms with Gasteiger partial charge in [-0.25, -0.2) is 0 Å². The molecule has 0 saturated heterocycles.